The molecule has 0 aliphatic carbocycles. The van der Waals surface area contributed by atoms with E-state index in [-0.39, 0.29) is 12.5 Å². The Balaban J connectivity index is 1.70. The van der Waals surface area contributed by atoms with E-state index >= 15 is 0 Å². The Morgan fingerprint density at radius 1 is 1.21 bits per heavy atom. The number of amides is 1. The maximum atomic E-state index is 11.9. The number of rotatable bonds is 4. The molecule has 1 heterocycles. The zero-order chi connectivity index (χ0) is 17.1. The Bertz CT molecular complexity index is 965. The molecule has 1 amide bonds. The average molecular weight is 344 g/mol. The molecule has 0 fully saturated rings. The summed E-state index contributed by atoms with van der Waals surface area (Å²) in [5.74, 6) is 0.0967. The van der Waals surface area contributed by atoms with Crippen molar-refractivity contribution in [1.29, 1.82) is 0 Å². The molecule has 1 aromatic heterocycles. The van der Waals surface area contributed by atoms with Gasteiger partial charge in [-0.05, 0) is 36.8 Å². The minimum absolute atomic E-state index is 0.188. The highest BCUT2D eigenvalue weighted by Gasteiger charge is 2.08. The van der Waals surface area contributed by atoms with Crippen molar-refractivity contribution in [3.05, 3.63) is 69.5 Å². The maximum Gasteiger partial charge on any atom is 0.336 e. The summed E-state index contributed by atoms with van der Waals surface area (Å²) in [6.45, 7) is 1.64. The molecular formula is C18H14ClNO4. The summed E-state index contributed by atoms with van der Waals surface area (Å²) in [5.41, 5.74) is 1.34. The van der Waals surface area contributed by atoms with Gasteiger partial charge in [0.25, 0.3) is 5.91 Å². The summed E-state index contributed by atoms with van der Waals surface area (Å²) in [7, 11) is 0. The second kappa shape index (κ2) is 6.76. The van der Waals surface area contributed by atoms with Crippen LogP contribution in [0.4, 0.5) is 5.69 Å². The first-order valence-corrected chi connectivity index (χ1v) is 7.62. The summed E-state index contributed by atoms with van der Waals surface area (Å²) in [6.07, 6.45) is 0. The number of fused-ring (bicyclic) bond motifs is 1. The molecule has 1 N–H and O–H groups in total. The summed E-state index contributed by atoms with van der Waals surface area (Å²) >= 11 is 5.98. The van der Waals surface area contributed by atoms with E-state index in [1.165, 1.54) is 6.07 Å². The quantitative estimate of drug-likeness (QED) is 0.732. The number of hydrogen-bond donors (Lipinski definition) is 1. The van der Waals surface area contributed by atoms with Crippen LogP contribution in [0.15, 0.2) is 57.7 Å². The number of para-hydroxylation sites is 1. The van der Waals surface area contributed by atoms with Crippen molar-refractivity contribution in [3.63, 3.8) is 0 Å². The van der Waals surface area contributed by atoms with Crippen LogP contribution in [0, 0.1) is 6.92 Å². The molecule has 24 heavy (non-hydrogen) atoms. The van der Waals surface area contributed by atoms with Gasteiger partial charge in [-0.15, -0.1) is 0 Å². The number of halogens is 1. The molecule has 0 bridgehead atoms. The van der Waals surface area contributed by atoms with E-state index in [9.17, 15) is 9.59 Å². The Kier molecular flexibility index (Phi) is 4.53. The van der Waals surface area contributed by atoms with Crippen molar-refractivity contribution in [2.24, 2.45) is 0 Å². The second-order valence-electron chi connectivity index (χ2n) is 5.22. The third-order valence-corrected chi connectivity index (χ3v) is 3.77. The molecule has 2 aromatic carbocycles. The fourth-order valence-corrected chi connectivity index (χ4v) is 2.48. The van der Waals surface area contributed by atoms with Crippen LogP contribution in [-0.4, -0.2) is 12.5 Å². The number of carbonyl (C=O) groups is 1. The van der Waals surface area contributed by atoms with E-state index in [2.05, 4.69) is 5.32 Å². The van der Waals surface area contributed by atoms with Crippen molar-refractivity contribution >= 4 is 34.2 Å². The standard InChI is InChI=1S/C18H14ClNO4/c1-11-8-18(22)24-16-9-12(6-7-13(11)16)23-10-17(21)20-15-5-3-2-4-14(15)19/h2-9H,10H2,1H3,(H,20,21). The van der Waals surface area contributed by atoms with Gasteiger partial charge in [-0.3, -0.25) is 4.79 Å². The van der Waals surface area contributed by atoms with Gasteiger partial charge < -0.3 is 14.5 Å². The molecule has 0 unspecified atom stereocenters. The molecule has 5 nitrogen and oxygen atoms in total. The molecule has 6 heteroatoms. The van der Waals surface area contributed by atoms with E-state index in [1.807, 2.05) is 6.92 Å². The van der Waals surface area contributed by atoms with Gasteiger partial charge in [-0.25, -0.2) is 4.79 Å². The first kappa shape index (κ1) is 16.1. The molecule has 0 saturated carbocycles. The van der Waals surface area contributed by atoms with Gasteiger partial charge in [0, 0.05) is 17.5 Å². The van der Waals surface area contributed by atoms with Gasteiger partial charge >= 0.3 is 5.63 Å². The summed E-state index contributed by atoms with van der Waals surface area (Å²) in [6, 6.07) is 13.5. The number of aryl methyl sites for hydroxylation is 1. The van der Waals surface area contributed by atoms with Crippen LogP contribution in [0.1, 0.15) is 5.56 Å². The summed E-state index contributed by atoms with van der Waals surface area (Å²) in [4.78, 5) is 23.4. The number of carbonyl (C=O) groups excluding carboxylic acids is 1. The predicted molar refractivity (Wildman–Crippen MR) is 92.8 cm³/mol. The van der Waals surface area contributed by atoms with Gasteiger partial charge in [-0.2, -0.15) is 0 Å². The zero-order valence-corrected chi connectivity index (χ0v) is 13.6. The molecule has 0 radical (unpaired) electrons. The van der Waals surface area contributed by atoms with Gasteiger partial charge in [0.1, 0.15) is 11.3 Å². The molecule has 0 spiro atoms. The van der Waals surface area contributed by atoms with Crippen molar-refractivity contribution < 1.29 is 13.9 Å². The largest absolute Gasteiger partial charge is 0.484 e. The molecular weight excluding hydrogens is 330 g/mol. The van der Waals surface area contributed by atoms with E-state index in [4.69, 9.17) is 20.8 Å². The molecule has 3 rings (SSSR count). The molecule has 0 aliphatic heterocycles. The van der Waals surface area contributed by atoms with E-state index in [0.717, 1.165) is 10.9 Å². The van der Waals surface area contributed by atoms with Crippen LogP contribution in [0.25, 0.3) is 11.0 Å². The van der Waals surface area contributed by atoms with Crippen LogP contribution in [0.3, 0.4) is 0 Å². The monoisotopic (exact) mass is 343 g/mol. The highest BCUT2D eigenvalue weighted by molar-refractivity contribution is 6.33. The fraction of sp³-hybridized carbons (Fsp3) is 0.111. The topological polar surface area (TPSA) is 68.5 Å². The van der Waals surface area contributed by atoms with E-state index in [0.29, 0.717) is 22.0 Å². The molecule has 0 atom stereocenters. The van der Waals surface area contributed by atoms with Crippen molar-refractivity contribution in [3.8, 4) is 5.75 Å². The number of hydrogen-bond acceptors (Lipinski definition) is 4. The maximum absolute atomic E-state index is 11.9. The third-order valence-electron chi connectivity index (χ3n) is 3.44. The highest BCUT2D eigenvalue weighted by atomic mass is 35.5. The van der Waals surface area contributed by atoms with E-state index < -0.39 is 5.63 Å². The van der Waals surface area contributed by atoms with Crippen LogP contribution in [0.2, 0.25) is 5.02 Å². The lowest BCUT2D eigenvalue weighted by molar-refractivity contribution is -0.118. The third kappa shape index (κ3) is 3.58. The van der Waals surface area contributed by atoms with Gasteiger partial charge in [-0.1, -0.05) is 23.7 Å². The molecule has 0 aliphatic rings. The van der Waals surface area contributed by atoms with Gasteiger partial charge in [0.05, 0.1) is 10.7 Å². The lowest BCUT2D eigenvalue weighted by Crippen LogP contribution is -2.20. The van der Waals surface area contributed by atoms with Crippen LogP contribution in [0.5, 0.6) is 5.75 Å². The minimum atomic E-state index is -0.423. The van der Waals surface area contributed by atoms with Crippen molar-refractivity contribution in [1.82, 2.24) is 0 Å². The second-order valence-corrected chi connectivity index (χ2v) is 5.63. The summed E-state index contributed by atoms with van der Waals surface area (Å²) in [5, 5.41) is 3.94. The van der Waals surface area contributed by atoms with Crippen LogP contribution < -0.4 is 15.7 Å². The lowest BCUT2D eigenvalue weighted by atomic mass is 10.1. The number of anilines is 1. The van der Waals surface area contributed by atoms with Crippen LogP contribution in [-0.2, 0) is 4.79 Å². The normalized spacial score (nSPS) is 10.6. The zero-order valence-electron chi connectivity index (χ0n) is 12.8. The predicted octanol–water partition coefficient (Wildman–Crippen LogP) is 3.77. The number of benzene rings is 2. The first-order valence-electron chi connectivity index (χ1n) is 7.24. The van der Waals surface area contributed by atoms with Crippen molar-refractivity contribution in [2.75, 3.05) is 11.9 Å². The van der Waals surface area contributed by atoms with Crippen LogP contribution >= 0.6 is 11.6 Å². The molecule has 0 saturated heterocycles. The first-order chi connectivity index (χ1) is 11.5. The smallest absolute Gasteiger partial charge is 0.336 e. The van der Waals surface area contributed by atoms with Crippen molar-refractivity contribution in [2.45, 2.75) is 6.92 Å². The minimum Gasteiger partial charge on any atom is -0.484 e. The number of nitrogens with one attached hydrogen (secondary N) is 1. The Morgan fingerprint density at radius 2 is 2.00 bits per heavy atom. The SMILES string of the molecule is Cc1cc(=O)oc2cc(OCC(=O)Nc3ccccc3Cl)ccc12. The average Bonchev–Trinajstić information content (AvgIpc) is 2.54. The Labute approximate surface area is 142 Å². The molecule has 122 valence electrons. The summed E-state index contributed by atoms with van der Waals surface area (Å²) < 4.78 is 10.6. The van der Waals surface area contributed by atoms with Gasteiger partial charge in [0.2, 0.25) is 0 Å². The van der Waals surface area contributed by atoms with Gasteiger partial charge in [0.15, 0.2) is 6.61 Å². The number of ether oxygens (including phenoxy) is 1. The highest BCUT2D eigenvalue weighted by Crippen LogP contribution is 2.23. The fourth-order valence-electron chi connectivity index (χ4n) is 2.29. The Morgan fingerprint density at radius 3 is 2.79 bits per heavy atom. The molecule has 3 aromatic rings. The Hall–Kier alpha value is -2.79. The van der Waals surface area contributed by atoms with E-state index in [1.54, 1.807) is 42.5 Å². The lowest BCUT2D eigenvalue weighted by Gasteiger charge is -2.09.